The van der Waals surface area contributed by atoms with Crippen molar-refractivity contribution in [1.29, 1.82) is 0 Å². The van der Waals surface area contributed by atoms with Crippen molar-refractivity contribution in [2.45, 2.75) is 26.2 Å². The molecule has 1 amide bonds. The third-order valence-electron chi connectivity index (χ3n) is 3.98. The number of likely N-dealkylation sites (tertiary alicyclic amines) is 1. The van der Waals surface area contributed by atoms with Crippen LogP contribution in [0, 0.1) is 6.92 Å². The Morgan fingerprint density at radius 2 is 1.91 bits per heavy atom. The lowest BCUT2D eigenvalue weighted by molar-refractivity contribution is 0.0717. The molecule has 1 aliphatic rings. The van der Waals surface area contributed by atoms with Crippen molar-refractivity contribution in [3.63, 3.8) is 0 Å². The fourth-order valence-electron chi connectivity index (χ4n) is 2.68. The van der Waals surface area contributed by atoms with Gasteiger partial charge in [0.1, 0.15) is 0 Å². The fraction of sp³-hybridized carbons (Fsp3) is 0.353. The van der Waals surface area contributed by atoms with Crippen molar-refractivity contribution in [2.24, 2.45) is 0 Å². The van der Waals surface area contributed by atoms with Gasteiger partial charge in [-0.1, -0.05) is 11.6 Å². The number of hydrogen-bond acceptors (Lipinski definition) is 4. The minimum atomic E-state index is -0.0357. The Balaban J connectivity index is 1.70. The van der Waals surface area contributed by atoms with Gasteiger partial charge in [-0.05, 0) is 62.1 Å². The Morgan fingerprint density at radius 3 is 2.57 bits per heavy atom. The average Bonchev–Trinajstić information content (AvgIpc) is 2.58. The van der Waals surface area contributed by atoms with E-state index in [9.17, 15) is 4.79 Å². The molecule has 5 nitrogen and oxygen atoms in total. The number of aromatic nitrogens is 2. The highest BCUT2D eigenvalue weighted by Gasteiger charge is 2.19. The van der Waals surface area contributed by atoms with Crippen molar-refractivity contribution in [2.75, 3.05) is 18.4 Å². The Kier molecular flexibility index (Phi) is 4.76. The van der Waals surface area contributed by atoms with Gasteiger partial charge in [-0.2, -0.15) is 0 Å². The average molecular weight is 331 g/mol. The Labute approximate surface area is 140 Å². The fourth-order valence-corrected chi connectivity index (χ4v) is 2.90. The number of nitrogens with one attached hydrogen (secondary N) is 1. The molecule has 1 N–H and O–H groups in total. The zero-order valence-corrected chi connectivity index (χ0v) is 13.8. The molecule has 1 aliphatic heterocycles. The van der Waals surface area contributed by atoms with Crippen LogP contribution >= 0.6 is 11.6 Å². The summed E-state index contributed by atoms with van der Waals surface area (Å²) in [4.78, 5) is 14.2. The van der Waals surface area contributed by atoms with E-state index in [0.29, 0.717) is 16.5 Å². The number of piperidine rings is 1. The van der Waals surface area contributed by atoms with Gasteiger partial charge in [0, 0.05) is 23.8 Å². The van der Waals surface area contributed by atoms with Gasteiger partial charge in [0.15, 0.2) is 11.5 Å². The van der Waals surface area contributed by atoms with Gasteiger partial charge >= 0.3 is 0 Å². The molecule has 0 saturated carbocycles. The van der Waals surface area contributed by atoms with Crippen molar-refractivity contribution in [3.8, 4) is 0 Å². The standard InChI is InChI=1S/C17H19ClN4O/c1-12-11-13(18)5-6-14(12)19-16-8-7-15(20-21-16)17(23)22-9-3-2-4-10-22/h5-8,11H,2-4,9-10H2,1H3,(H,19,21). The second-order valence-electron chi connectivity index (χ2n) is 5.74. The molecular formula is C17H19ClN4O. The number of hydrogen-bond donors (Lipinski definition) is 1. The SMILES string of the molecule is Cc1cc(Cl)ccc1Nc1ccc(C(=O)N2CCCCC2)nn1. The van der Waals surface area contributed by atoms with Crippen molar-refractivity contribution in [1.82, 2.24) is 15.1 Å². The maximum atomic E-state index is 12.3. The molecule has 0 bridgehead atoms. The third-order valence-corrected chi connectivity index (χ3v) is 4.21. The highest BCUT2D eigenvalue weighted by Crippen LogP contribution is 2.22. The van der Waals surface area contributed by atoms with E-state index in [-0.39, 0.29) is 5.91 Å². The largest absolute Gasteiger partial charge is 0.339 e. The molecule has 1 aromatic carbocycles. The zero-order chi connectivity index (χ0) is 16.2. The first kappa shape index (κ1) is 15.7. The molecule has 2 heterocycles. The molecule has 1 saturated heterocycles. The molecule has 3 rings (SSSR count). The molecule has 1 aromatic heterocycles. The summed E-state index contributed by atoms with van der Waals surface area (Å²) in [6, 6.07) is 9.09. The molecule has 0 unspecified atom stereocenters. The lowest BCUT2D eigenvalue weighted by Crippen LogP contribution is -2.36. The number of anilines is 2. The number of carbonyl (C=O) groups is 1. The van der Waals surface area contributed by atoms with Crippen LogP contribution in [0.1, 0.15) is 35.3 Å². The predicted octanol–water partition coefficient (Wildman–Crippen LogP) is 3.81. The van der Waals surface area contributed by atoms with Crippen LogP contribution in [-0.4, -0.2) is 34.1 Å². The summed E-state index contributed by atoms with van der Waals surface area (Å²) in [6.07, 6.45) is 3.32. The second kappa shape index (κ2) is 6.96. The van der Waals surface area contributed by atoms with E-state index in [1.165, 1.54) is 6.42 Å². The maximum Gasteiger partial charge on any atom is 0.274 e. The van der Waals surface area contributed by atoms with Crippen LogP contribution in [0.2, 0.25) is 5.02 Å². The molecular weight excluding hydrogens is 312 g/mol. The predicted molar refractivity (Wildman–Crippen MR) is 91.3 cm³/mol. The number of carbonyl (C=O) groups excluding carboxylic acids is 1. The van der Waals surface area contributed by atoms with Gasteiger partial charge in [0.05, 0.1) is 0 Å². The van der Waals surface area contributed by atoms with Crippen molar-refractivity contribution >= 4 is 29.0 Å². The van der Waals surface area contributed by atoms with Crippen molar-refractivity contribution in [3.05, 3.63) is 46.6 Å². The van der Waals surface area contributed by atoms with E-state index in [4.69, 9.17) is 11.6 Å². The smallest absolute Gasteiger partial charge is 0.274 e. The first-order chi connectivity index (χ1) is 11.1. The quantitative estimate of drug-likeness (QED) is 0.929. The zero-order valence-electron chi connectivity index (χ0n) is 13.1. The van der Waals surface area contributed by atoms with Gasteiger partial charge in [0.25, 0.3) is 5.91 Å². The summed E-state index contributed by atoms with van der Waals surface area (Å²) in [5.41, 5.74) is 2.33. The van der Waals surface area contributed by atoms with E-state index in [1.807, 2.05) is 30.0 Å². The number of rotatable bonds is 3. The number of benzene rings is 1. The lowest BCUT2D eigenvalue weighted by atomic mass is 10.1. The number of nitrogens with zero attached hydrogens (tertiary/aromatic N) is 3. The summed E-state index contributed by atoms with van der Waals surface area (Å²) in [5, 5.41) is 12.1. The van der Waals surface area contributed by atoms with E-state index >= 15 is 0 Å². The summed E-state index contributed by atoms with van der Waals surface area (Å²) in [7, 11) is 0. The minimum Gasteiger partial charge on any atom is -0.339 e. The van der Waals surface area contributed by atoms with Crippen molar-refractivity contribution < 1.29 is 4.79 Å². The molecule has 120 valence electrons. The summed E-state index contributed by atoms with van der Waals surface area (Å²) >= 11 is 5.95. The van der Waals surface area contributed by atoms with Crippen LogP contribution < -0.4 is 5.32 Å². The van der Waals surface area contributed by atoms with Gasteiger partial charge in [-0.15, -0.1) is 10.2 Å². The van der Waals surface area contributed by atoms with Gasteiger partial charge in [-0.3, -0.25) is 4.79 Å². The summed E-state index contributed by atoms with van der Waals surface area (Å²) < 4.78 is 0. The minimum absolute atomic E-state index is 0.0357. The Bertz CT molecular complexity index is 696. The summed E-state index contributed by atoms with van der Waals surface area (Å²) in [6.45, 7) is 3.59. The number of aryl methyl sites for hydroxylation is 1. The normalized spacial score (nSPS) is 14.6. The second-order valence-corrected chi connectivity index (χ2v) is 6.18. The van der Waals surface area contributed by atoms with Gasteiger partial charge in [0.2, 0.25) is 0 Å². The highest BCUT2D eigenvalue weighted by molar-refractivity contribution is 6.30. The number of amides is 1. The Morgan fingerprint density at radius 1 is 1.13 bits per heavy atom. The van der Waals surface area contributed by atoms with E-state index in [2.05, 4.69) is 15.5 Å². The molecule has 0 spiro atoms. The lowest BCUT2D eigenvalue weighted by Gasteiger charge is -2.26. The molecule has 23 heavy (non-hydrogen) atoms. The highest BCUT2D eigenvalue weighted by atomic mass is 35.5. The van der Waals surface area contributed by atoms with Gasteiger partial charge in [-0.25, -0.2) is 0 Å². The first-order valence-electron chi connectivity index (χ1n) is 7.80. The van der Waals surface area contributed by atoms with E-state index in [1.54, 1.807) is 12.1 Å². The van der Waals surface area contributed by atoms with Crippen LogP contribution in [0.4, 0.5) is 11.5 Å². The van der Waals surface area contributed by atoms with Crippen LogP contribution in [-0.2, 0) is 0 Å². The molecule has 0 radical (unpaired) electrons. The van der Waals surface area contributed by atoms with Crippen LogP contribution in [0.3, 0.4) is 0 Å². The monoisotopic (exact) mass is 330 g/mol. The van der Waals surface area contributed by atoms with E-state index in [0.717, 1.165) is 37.2 Å². The van der Waals surface area contributed by atoms with Crippen LogP contribution in [0.15, 0.2) is 30.3 Å². The molecule has 2 aromatic rings. The van der Waals surface area contributed by atoms with Gasteiger partial charge < -0.3 is 10.2 Å². The molecule has 0 aliphatic carbocycles. The van der Waals surface area contributed by atoms with E-state index < -0.39 is 0 Å². The molecule has 1 fully saturated rings. The third kappa shape index (κ3) is 3.79. The maximum absolute atomic E-state index is 12.3. The van der Waals surface area contributed by atoms with Crippen LogP contribution in [0.5, 0.6) is 0 Å². The number of halogens is 1. The topological polar surface area (TPSA) is 58.1 Å². The summed E-state index contributed by atoms with van der Waals surface area (Å²) in [5.74, 6) is 0.567. The first-order valence-corrected chi connectivity index (χ1v) is 8.17. The van der Waals surface area contributed by atoms with Crippen LogP contribution in [0.25, 0.3) is 0 Å². The Hall–Kier alpha value is -2.14. The molecule has 0 atom stereocenters. The molecule has 6 heteroatoms.